The largest absolute Gasteiger partial charge is 0.393 e. The van der Waals surface area contributed by atoms with Gasteiger partial charge in [0.25, 0.3) is 0 Å². The van der Waals surface area contributed by atoms with Crippen LogP contribution in [0.15, 0.2) is 22.7 Å². The molecule has 0 bridgehead atoms. The van der Waals surface area contributed by atoms with Crippen molar-refractivity contribution in [3.63, 3.8) is 0 Å². The molecule has 0 saturated heterocycles. The van der Waals surface area contributed by atoms with E-state index in [1.807, 2.05) is 0 Å². The minimum Gasteiger partial charge on any atom is -0.393 e. The van der Waals surface area contributed by atoms with Crippen molar-refractivity contribution in [1.82, 2.24) is 0 Å². The zero-order valence-electron chi connectivity index (χ0n) is 15.2. The summed E-state index contributed by atoms with van der Waals surface area (Å²) in [6, 6.07) is 0. The quantitative estimate of drug-likeness (QED) is 0.252. The highest BCUT2D eigenvalue weighted by Crippen LogP contribution is 2.24. The smallest absolute Gasteiger partial charge is 0.0600 e. The number of aliphatic hydroxyl groups is 2. The Kier molecular flexibility index (Phi) is 16.2. The summed E-state index contributed by atoms with van der Waals surface area (Å²) < 4.78 is 0. The molecule has 0 aliphatic heterocycles. The van der Waals surface area contributed by atoms with Gasteiger partial charge in [-0.2, -0.15) is 0 Å². The predicted molar refractivity (Wildman–Crippen MR) is 113 cm³/mol. The molecule has 0 aliphatic carbocycles. The number of hydrogen-bond acceptors (Lipinski definition) is 2. The van der Waals surface area contributed by atoms with Crippen LogP contribution in [0.3, 0.4) is 0 Å². The normalized spacial score (nSPS) is 17.0. The van der Waals surface area contributed by atoms with Crippen LogP contribution < -0.4 is 0 Å². The first-order valence-corrected chi connectivity index (χ1v) is 10.6. The van der Waals surface area contributed by atoms with Crippen molar-refractivity contribution >= 4 is 39.1 Å². The monoisotopic (exact) mass is 452 g/mol. The van der Waals surface area contributed by atoms with Gasteiger partial charge in [-0.05, 0) is 61.6 Å². The molecule has 0 aliphatic rings. The third-order valence-corrected chi connectivity index (χ3v) is 5.18. The Bertz CT molecular complexity index is 454. The molecule has 0 unspecified atom stereocenters. The maximum Gasteiger partial charge on any atom is 0.0600 e. The highest BCUT2D eigenvalue weighted by atomic mass is 79.9. The standard InChI is InChI=1S/C20H31BrCl2O2/c1-16(13-17(2)20(25)8-6-12-22)9-10-19(24)14-18(15-23)7-4-3-5-11-21/h6,12,15-17,19-20,24-25H,3-4,7-10,13-14H2,1-2H3/b12-6+,18-15+/t16-,17-,19-,20+/m1/s1. The van der Waals surface area contributed by atoms with Gasteiger partial charge in [0.1, 0.15) is 0 Å². The molecular formula is C20H31BrCl2O2. The molecule has 0 radical (unpaired) electrons. The Balaban J connectivity index is 4.08. The summed E-state index contributed by atoms with van der Waals surface area (Å²) in [5, 5.41) is 20.3. The number of aliphatic hydroxyl groups excluding tert-OH is 2. The fraction of sp³-hybridized carbons (Fsp3) is 0.700. The van der Waals surface area contributed by atoms with Gasteiger partial charge in [0.2, 0.25) is 0 Å². The van der Waals surface area contributed by atoms with Crippen LogP contribution in [0.1, 0.15) is 65.2 Å². The Hall–Kier alpha value is 0.0200. The predicted octanol–water partition coefficient (Wildman–Crippen LogP) is 6.33. The SMILES string of the molecule is C[C@H](CC[C@@H](O)C/C(=C/Cl)CCCC#CBr)C[C@@H](C)[C@@H](O)C/C=C/Cl. The van der Waals surface area contributed by atoms with Crippen molar-refractivity contribution in [3.05, 3.63) is 22.7 Å². The molecule has 0 rings (SSSR count). The first-order valence-electron chi connectivity index (χ1n) is 8.92. The van der Waals surface area contributed by atoms with Gasteiger partial charge < -0.3 is 10.2 Å². The number of halogens is 3. The van der Waals surface area contributed by atoms with E-state index in [2.05, 4.69) is 40.5 Å². The Morgan fingerprint density at radius 1 is 1.20 bits per heavy atom. The van der Waals surface area contributed by atoms with Crippen molar-refractivity contribution in [2.24, 2.45) is 11.8 Å². The van der Waals surface area contributed by atoms with Gasteiger partial charge >= 0.3 is 0 Å². The average molecular weight is 454 g/mol. The third kappa shape index (κ3) is 13.8. The second kappa shape index (κ2) is 16.2. The van der Waals surface area contributed by atoms with Gasteiger partial charge in [-0.3, -0.25) is 0 Å². The number of rotatable bonds is 13. The van der Waals surface area contributed by atoms with E-state index in [1.165, 1.54) is 5.54 Å². The van der Waals surface area contributed by atoms with Crippen molar-refractivity contribution in [2.75, 3.05) is 0 Å². The topological polar surface area (TPSA) is 40.5 Å². The second-order valence-corrected chi connectivity index (χ2v) is 7.68. The lowest BCUT2D eigenvalue weighted by atomic mass is 9.88. The third-order valence-electron chi connectivity index (χ3n) is 4.41. The summed E-state index contributed by atoms with van der Waals surface area (Å²) in [5.74, 6) is 3.63. The van der Waals surface area contributed by atoms with Gasteiger partial charge in [0, 0.05) is 33.4 Å². The van der Waals surface area contributed by atoms with E-state index in [0.29, 0.717) is 18.8 Å². The van der Waals surface area contributed by atoms with E-state index in [0.717, 1.165) is 44.1 Å². The van der Waals surface area contributed by atoms with Crippen LogP contribution in [0.2, 0.25) is 0 Å². The molecule has 0 spiro atoms. The van der Waals surface area contributed by atoms with Crippen LogP contribution >= 0.6 is 39.1 Å². The molecule has 25 heavy (non-hydrogen) atoms. The Morgan fingerprint density at radius 3 is 2.52 bits per heavy atom. The molecule has 4 atom stereocenters. The molecule has 2 N–H and O–H groups in total. The van der Waals surface area contributed by atoms with E-state index in [-0.39, 0.29) is 18.1 Å². The summed E-state index contributed by atoms with van der Waals surface area (Å²) in [6.45, 7) is 4.23. The molecule has 0 heterocycles. The van der Waals surface area contributed by atoms with Gasteiger partial charge in [-0.1, -0.05) is 54.6 Å². The van der Waals surface area contributed by atoms with Crippen LogP contribution in [0.25, 0.3) is 0 Å². The lowest BCUT2D eigenvalue weighted by molar-refractivity contribution is 0.100. The average Bonchev–Trinajstić information content (AvgIpc) is 2.60. The Morgan fingerprint density at radius 2 is 1.92 bits per heavy atom. The van der Waals surface area contributed by atoms with Gasteiger partial charge in [0.15, 0.2) is 0 Å². The maximum atomic E-state index is 10.3. The molecule has 0 aromatic rings. The van der Waals surface area contributed by atoms with Gasteiger partial charge in [-0.25, -0.2) is 0 Å². The summed E-state index contributed by atoms with van der Waals surface area (Å²) in [7, 11) is 0. The fourth-order valence-corrected chi connectivity index (χ4v) is 3.37. The zero-order chi connectivity index (χ0) is 19.1. The second-order valence-electron chi connectivity index (χ2n) is 6.81. The molecular weight excluding hydrogens is 423 g/mol. The van der Waals surface area contributed by atoms with Crippen molar-refractivity contribution in [3.8, 4) is 10.8 Å². The molecule has 0 aromatic heterocycles. The van der Waals surface area contributed by atoms with Crippen LogP contribution in [-0.2, 0) is 0 Å². The summed E-state index contributed by atoms with van der Waals surface area (Å²) in [4.78, 5) is 2.70. The molecule has 0 aromatic carbocycles. The van der Waals surface area contributed by atoms with Crippen LogP contribution in [0, 0.1) is 22.6 Å². The molecule has 5 heteroatoms. The molecule has 0 amide bonds. The molecule has 2 nitrogen and oxygen atoms in total. The van der Waals surface area contributed by atoms with Gasteiger partial charge in [0.05, 0.1) is 12.2 Å². The minimum absolute atomic E-state index is 0.217. The van der Waals surface area contributed by atoms with E-state index in [1.54, 1.807) is 11.6 Å². The first kappa shape index (κ1) is 25.0. The van der Waals surface area contributed by atoms with Crippen molar-refractivity contribution in [2.45, 2.75) is 77.4 Å². The summed E-state index contributed by atoms with van der Waals surface area (Å²) in [6.07, 6.45) is 7.53. The van der Waals surface area contributed by atoms with E-state index in [4.69, 9.17) is 23.2 Å². The molecule has 0 saturated carbocycles. The van der Waals surface area contributed by atoms with Gasteiger partial charge in [-0.15, -0.1) is 0 Å². The van der Waals surface area contributed by atoms with Crippen LogP contribution in [0.5, 0.6) is 0 Å². The number of hydrogen-bond donors (Lipinski definition) is 2. The highest BCUT2D eigenvalue weighted by Gasteiger charge is 2.17. The molecule has 0 fully saturated rings. The number of unbranched alkanes of at least 4 members (excludes halogenated alkanes) is 1. The fourth-order valence-electron chi connectivity index (χ4n) is 2.87. The lowest BCUT2D eigenvalue weighted by Gasteiger charge is -2.22. The minimum atomic E-state index is -0.367. The van der Waals surface area contributed by atoms with Crippen LogP contribution in [0.4, 0.5) is 0 Å². The van der Waals surface area contributed by atoms with E-state index in [9.17, 15) is 10.2 Å². The zero-order valence-corrected chi connectivity index (χ0v) is 18.3. The van der Waals surface area contributed by atoms with E-state index < -0.39 is 0 Å². The highest BCUT2D eigenvalue weighted by molar-refractivity contribution is 9.12. The lowest BCUT2D eigenvalue weighted by Crippen LogP contribution is -2.20. The van der Waals surface area contributed by atoms with Crippen LogP contribution in [-0.4, -0.2) is 22.4 Å². The summed E-state index contributed by atoms with van der Waals surface area (Å²) in [5.41, 5.74) is 4.12. The van der Waals surface area contributed by atoms with Crippen molar-refractivity contribution in [1.29, 1.82) is 0 Å². The maximum absolute atomic E-state index is 10.3. The molecule has 144 valence electrons. The Labute approximate surface area is 171 Å². The van der Waals surface area contributed by atoms with Crippen molar-refractivity contribution < 1.29 is 10.2 Å². The summed E-state index contributed by atoms with van der Waals surface area (Å²) >= 11 is 14.4. The first-order chi connectivity index (χ1) is 11.9. The van der Waals surface area contributed by atoms with E-state index >= 15 is 0 Å².